The van der Waals surface area contributed by atoms with E-state index >= 15 is 0 Å². The van der Waals surface area contributed by atoms with Crippen molar-refractivity contribution in [2.45, 2.75) is 63.3 Å². The number of fused-ring (bicyclic) bond motifs is 2. The molecule has 7 rings (SSSR count). The minimum Gasteiger partial charge on any atom is -0.478 e. The van der Waals surface area contributed by atoms with Gasteiger partial charge in [-0.05, 0) is 110 Å². The van der Waals surface area contributed by atoms with E-state index in [9.17, 15) is 14.4 Å². The van der Waals surface area contributed by atoms with Crippen LogP contribution in [0.1, 0.15) is 79.3 Å². The molecule has 2 saturated carbocycles. The summed E-state index contributed by atoms with van der Waals surface area (Å²) >= 11 is 0. The van der Waals surface area contributed by atoms with Crippen LogP contribution in [0, 0.1) is 0 Å². The number of aliphatic carboxylic acids is 1. The minimum atomic E-state index is -0.988. The first-order valence-electron chi connectivity index (χ1n) is 16.4. The Kier molecular flexibility index (Phi) is 7.88. The lowest BCUT2D eigenvalue weighted by atomic mass is 9.75. The van der Waals surface area contributed by atoms with Gasteiger partial charge in [-0.15, -0.1) is 0 Å². The lowest BCUT2D eigenvalue weighted by molar-refractivity contribution is -0.132. The summed E-state index contributed by atoms with van der Waals surface area (Å²) in [5.74, 6) is -1.04. The number of nitrogens with one attached hydrogen (secondary N) is 2. The van der Waals surface area contributed by atoms with Crippen molar-refractivity contribution in [2.24, 2.45) is 7.05 Å². The summed E-state index contributed by atoms with van der Waals surface area (Å²) in [5.41, 5.74) is 6.71. The zero-order chi connectivity index (χ0) is 32.7. The van der Waals surface area contributed by atoms with Crippen LogP contribution in [0.25, 0.3) is 39.1 Å². The first kappa shape index (κ1) is 30.4. The number of nitrogens with zero attached hydrogens (tertiary/aromatic N) is 2. The molecule has 0 aliphatic heterocycles. The fourth-order valence-electron chi connectivity index (χ4n) is 7.26. The fraction of sp³-hybridized carbons (Fsp3) is 0.282. The number of pyridine rings is 1. The molecular formula is C39H38N4O4. The van der Waals surface area contributed by atoms with Gasteiger partial charge in [0.25, 0.3) is 5.91 Å². The number of rotatable bonds is 8. The topological polar surface area (TPSA) is 113 Å². The molecule has 2 aromatic heterocycles. The Bertz CT molecular complexity index is 2060. The lowest BCUT2D eigenvalue weighted by Gasteiger charge is -2.40. The number of anilines is 1. The van der Waals surface area contributed by atoms with E-state index in [4.69, 9.17) is 5.11 Å². The molecule has 0 atom stereocenters. The molecule has 2 fully saturated rings. The number of aromatic nitrogens is 2. The Morgan fingerprint density at radius 1 is 0.957 bits per heavy atom. The smallest absolute Gasteiger partial charge is 0.331 e. The Morgan fingerprint density at radius 2 is 1.72 bits per heavy atom. The zero-order valence-corrected chi connectivity index (χ0v) is 26.7. The molecule has 3 N–H and O–H groups in total. The standard InChI is InChI=1S/C39H38N4O4/c1-24(37(45)46)21-25-10-14-30(15-11-25)41-38(47)39(18-6-19-39)42-36(44)29-12-16-31-33(23-29)43(2)35(34(31)26-7-3-4-8-26)28-13-17-32-27(22-28)9-5-20-40-32/h5,9-17,20-23,26H,3-4,6-8,18-19H2,1-2H3,(H,41,47)(H,42,44)(H,45,46)/b24-21+. The third kappa shape index (κ3) is 5.69. The second-order valence-electron chi connectivity index (χ2n) is 13.0. The van der Waals surface area contributed by atoms with E-state index in [1.165, 1.54) is 36.4 Å². The average molecular weight is 627 g/mol. The molecule has 238 valence electrons. The van der Waals surface area contributed by atoms with Crippen molar-refractivity contribution in [3.63, 3.8) is 0 Å². The van der Waals surface area contributed by atoms with E-state index < -0.39 is 11.5 Å². The molecule has 2 heterocycles. The van der Waals surface area contributed by atoms with Crippen molar-refractivity contribution < 1.29 is 19.5 Å². The maximum absolute atomic E-state index is 13.8. The van der Waals surface area contributed by atoms with E-state index in [-0.39, 0.29) is 17.4 Å². The molecule has 0 unspecified atom stereocenters. The Balaban J connectivity index is 1.16. The predicted molar refractivity (Wildman–Crippen MR) is 185 cm³/mol. The van der Waals surface area contributed by atoms with E-state index in [1.54, 1.807) is 30.3 Å². The summed E-state index contributed by atoms with van der Waals surface area (Å²) in [6, 6.07) is 23.4. The number of aryl methyl sites for hydroxylation is 1. The highest BCUT2D eigenvalue weighted by molar-refractivity contribution is 6.06. The van der Waals surface area contributed by atoms with Crippen LogP contribution in [-0.4, -0.2) is 38.0 Å². The van der Waals surface area contributed by atoms with Gasteiger partial charge in [0.05, 0.1) is 11.2 Å². The van der Waals surface area contributed by atoms with Crippen molar-refractivity contribution in [3.05, 3.63) is 101 Å². The summed E-state index contributed by atoms with van der Waals surface area (Å²) in [6.45, 7) is 1.53. The van der Waals surface area contributed by atoms with Crippen LogP contribution >= 0.6 is 0 Å². The molecule has 0 radical (unpaired) electrons. The van der Waals surface area contributed by atoms with Crippen LogP contribution in [-0.2, 0) is 16.6 Å². The van der Waals surface area contributed by atoms with Crippen LogP contribution in [0.2, 0.25) is 0 Å². The van der Waals surface area contributed by atoms with Gasteiger partial charge in [0.1, 0.15) is 5.54 Å². The van der Waals surface area contributed by atoms with Crippen molar-refractivity contribution in [3.8, 4) is 11.3 Å². The molecule has 3 aromatic carbocycles. The van der Waals surface area contributed by atoms with Gasteiger partial charge in [-0.1, -0.05) is 43.2 Å². The van der Waals surface area contributed by atoms with E-state index in [2.05, 4.69) is 57.6 Å². The van der Waals surface area contributed by atoms with Crippen molar-refractivity contribution in [1.82, 2.24) is 14.9 Å². The summed E-state index contributed by atoms with van der Waals surface area (Å²) in [5, 5.41) is 17.4. The number of amides is 2. The molecule has 0 saturated heterocycles. The molecule has 0 bridgehead atoms. The molecule has 8 heteroatoms. The van der Waals surface area contributed by atoms with Gasteiger partial charge in [-0.2, -0.15) is 0 Å². The van der Waals surface area contributed by atoms with Gasteiger partial charge in [0, 0.05) is 46.4 Å². The van der Waals surface area contributed by atoms with Crippen LogP contribution in [0.15, 0.2) is 84.6 Å². The molecule has 2 amide bonds. The monoisotopic (exact) mass is 626 g/mol. The normalized spacial score (nSPS) is 16.3. The van der Waals surface area contributed by atoms with Gasteiger partial charge in [-0.3, -0.25) is 14.6 Å². The minimum absolute atomic E-state index is 0.226. The zero-order valence-electron chi connectivity index (χ0n) is 26.7. The Hall–Kier alpha value is -5.24. The fourth-order valence-corrected chi connectivity index (χ4v) is 7.26. The predicted octanol–water partition coefficient (Wildman–Crippen LogP) is 7.83. The molecule has 8 nitrogen and oxygen atoms in total. The summed E-state index contributed by atoms with van der Waals surface area (Å²) < 4.78 is 2.22. The average Bonchev–Trinajstić information content (AvgIpc) is 3.69. The van der Waals surface area contributed by atoms with Crippen molar-refractivity contribution in [1.29, 1.82) is 0 Å². The van der Waals surface area contributed by atoms with Gasteiger partial charge >= 0.3 is 5.97 Å². The van der Waals surface area contributed by atoms with Crippen LogP contribution in [0.3, 0.4) is 0 Å². The van der Waals surface area contributed by atoms with Gasteiger partial charge < -0.3 is 20.3 Å². The third-order valence-electron chi connectivity index (χ3n) is 10.0. The first-order valence-corrected chi connectivity index (χ1v) is 16.4. The first-order chi connectivity index (χ1) is 22.7. The van der Waals surface area contributed by atoms with Gasteiger partial charge in [0.15, 0.2) is 0 Å². The number of carboxylic acid groups (broad SMARTS) is 1. The van der Waals surface area contributed by atoms with E-state index in [1.807, 2.05) is 24.4 Å². The van der Waals surface area contributed by atoms with Crippen molar-refractivity contribution >= 4 is 51.4 Å². The molecule has 2 aliphatic rings. The van der Waals surface area contributed by atoms with E-state index in [0.717, 1.165) is 46.8 Å². The van der Waals surface area contributed by atoms with Gasteiger partial charge in [-0.25, -0.2) is 4.79 Å². The van der Waals surface area contributed by atoms with Crippen LogP contribution in [0.4, 0.5) is 5.69 Å². The number of hydrogen-bond acceptors (Lipinski definition) is 4. The molecular weight excluding hydrogens is 588 g/mol. The maximum atomic E-state index is 13.8. The van der Waals surface area contributed by atoms with Crippen LogP contribution in [0.5, 0.6) is 0 Å². The summed E-state index contributed by atoms with van der Waals surface area (Å²) in [7, 11) is 2.08. The number of hydrogen-bond donors (Lipinski definition) is 3. The largest absolute Gasteiger partial charge is 0.478 e. The Labute approximate surface area is 273 Å². The second kappa shape index (κ2) is 12.2. The van der Waals surface area contributed by atoms with Crippen LogP contribution < -0.4 is 10.6 Å². The quantitative estimate of drug-likeness (QED) is 0.152. The highest BCUT2D eigenvalue weighted by atomic mass is 16.4. The number of carbonyl (C=O) groups excluding carboxylic acids is 2. The van der Waals surface area contributed by atoms with E-state index in [0.29, 0.717) is 30.0 Å². The third-order valence-corrected chi connectivity index (χ3v) is 10.0. The summed E-state index contributed by atoms with van der Waals surface area (Å²) in [6.07, 6.45) is 10.1. The number of carboxylic acids is 1. The Morgan fingerprint density at radius 3 is 2.43 bits per heavy atom. The molecule has 2 aliphatic carbocycles. The highest BCUT2D eigenvalue weighted by Gasteiger charge is 2.45. The highest BCUT2D eigenvalue weighted by Crippen LogP contribution is 2.45. The maximum Gasteiger partial charge on any atom is 0.331 e. The number of benzene rings is 3. The van der Waals surface area contributed by atoms with Gasteiger partial charge in [0.2, 0.25) is 5.91 Å². The molecule has 47 heavy (non-hydrogen) atoms. The van der Waals surface area contributed by atoms with Crippen molar-refractivity contribution in [2.75, 3.05) is 5.32 Å². The summed E-state index contributed by atoms with van der Waals surface area (Å²) in [4.78, 5) is 42.9. The number of carbonyl (C=O) groups is 3. The molecule has 0 spiro atoms. The SMILES string of the molecule is C/C(=C\c1ccc(NC(=O)C2(NC(=O)c3ccc4c(C5CCCC5)c(-c5ccc6ncccc6c5)n(C)c4c3)CCC2)cc1)C(=O)O. The lowest BCUT2D eigenvalue weighted by Crippen LogP contribution is -2.61. The second-order valence-corrected chi connectivity index (χ2v) is 13.0. The molecule has 5 aromatic rings.